The van der Waals surface area contributed by atoms with Crippen LogP contribution in [0.1, 0.15) is 40.2 Å². The van der Waals surface area contributed by atoms with Crippen molar-refractivity contribution in [3.05, 3.63) is 58.4 Å². The van der Waals surface area contributed by atoms with Gasteiger partial charge in [0, 0.05) is 24.8 Å². The van der Waals surface area contributed by atoms with Crippen LogP contribution in [0.25, 0.3) is 0 Å². The molecule has 0 aliphatic carbocycles. The summed E-state index contributed by atoms with van der Waals surface area (Å²) in [5.74, 6) is 0.193. The first-order chi connectivity index (χ1) is 11.1. The highest BCUT2D eigenvalue weighted by atomic mass is 35.5. The number of hydrogen-bond donors (Lipinski definition) is 2. The van der Waals surface area contributed by atoms with E-state index in [0.29, 0.717) is 29.4 Å². The molecule has 5 nitrogen and oxygen atoms in total. The van der Waals surface area contributed by atoms with Crippen LogP contribution in [0, 0.1) is 0 Å². The monoisotopic (exact) mass is 332 g/mol. The van der Waals surface area contributed by atoms with E-state index >= 15 is 0 Å². The number of carbonyl (C=O) groups is 1. The number of aldehydes is 1. The standard InChI is InChI=1S/C17H17ClN2O3/c18-15-2-1-6-19-16(15)17(23)20-7-5-11(9-20)14-4-3-13(22)8-12(14)10-21/h1-4,6,8,10-11,17,22-23H,5,7,9H2. The average molecular weight is 333 g/mol. The molecule has 1 aliphatic heterocycles. The molecular weight excluding hydrogens is 316 g/mol. The highest BCUT2D eigenvalue weighted by molar-refractivity contribution is 6.31. The van der Waals surface area contributed by atoms with Crippen LogP contribution >= 0.6 is 11.6 Å². The predicted octanol–water partition coefficient (Wildman–Crippen LogP) is 2.73. The molecule has 2 aromatic rings. The quantitative estimate of drug-likeness (QED) is 0.842. The molecule has 0 amide bonds. The van der Waals surface area contributed by atoms with Gasteiger partial charge in [-0.25, -0.2) is 0 Å². The van der Waals surface area contributed by atoms with E-state index in [1.165, 1.54) is 6.07 Å². The second kappa shape index (κ2) is 6.66. The van der Waals surface area contributed by atoms with E-state index in [1.807, 2.05) is 4.90 Å². The zero-order valence-corrected chi connectivity index (χ0v) is 13.1. The summed E-state index contributed by atoms with van der Waals surface area (Å²) in [6.07, 6.45) is 2.30. The lowest BCUT2D eigenvalue weighted by Gasteiger charge is -2.23. The number of hydrogen-bond acceptors (Lipinski definition) is 5. The molecule has 1 saturated heterocycles. The van der Waals surface area contributed by atoms with E-state index in [1.54, 1.807) is 30.5 Å². The van der Waals surface area contributed by atoms with Gasteiger partial charge in [-0.3, -0.25) is 14.7 Å². The zero-order chi connectivity index (χ0) is 16.4. The van der Waals surface area contributed by atoms with E-state index in [4.69, 9.17) is 11.6 Å². The molecule has 23 heavy (non-hydrogen) atoms. The number of likely N-dealkylation sites (tertiary alicyclic amines) is 1. The van der Waals surface area contributed by atoms with Crippen LogP contribution in [0.5, 0.6) is 5.75 Å². The average Bonchev–Trinajstić information content (AvgIpc) is 3.04. The van der Waals surface area contributed by atoms with Crippen molar-refractivity contribution in [2.75, 3.05) is 13.1 Å². The van der Waals surface area contributed by atoms with Crippen molar-refractivity contribution in [2.45, 2.75) is 18.6 Å². The Morgan fingerprint density at radius 3 is 2.96 bits per heavy atom. The van der Waals surface area contributed by atoms with Crippen molar-refractivity contribution in [3.8, 4) is 5.75 Å². The molecule has 120 valence electrons. The summed E-state index contributed by atoms with van der Waals surface area (Å²) in [6, 6.07) is 8.24. The molecule has 2 heterocycles. The maximum absolute atomic E-state index is 11.2. The third-order valence-electron chi connectivity index (χ3n) is 4.23. The molecule has 0 bridgehead atoms. The number of phenolic OH excluding ortho intramolecular Hbond substituents is 1. The van der Waals surface area contributed by atoms with Crippen molar-refractivity contribution < 1.29 is 15.0 Å². The Kier molecular flexibility index (Phi) is 4.61. The largest absolute Gasteiger partial charge is 0.508 e. The van der Waals surface area contributed by atoms with E-state index in [2.05, 4.69) is 4.98 Å². The lowest BCUT2D eigenvalue weighted by molar-refractivity contribution is 0.0147. The number of benzene rings is 1. The van der Waals surface area contributed by atoms with Crippen LogP contribution in [-0.4, -0.2) is 39.5 Å². The Morgan fingerprint density at radius 2 is 2.22 bits per heavy atom. The molecule has 2 atom stereocenters. The van der Waals surface area contributed by atoms with Crippen molar-refractivity contribution in [3.63, 3.8) is 0 Å². The maximum atomic E-state index is 11.2. The van der Waals surface area contributed by atoms with E-state index < -0.39 is 6.23 Å². The van der Waals surface area contributed by atoms with Crippen molar-refractivity contribution in [2.24, 2.45) is 0 Å². The summed E-state index contributed by atoms with van der Waals surface area (Å²) in [5.41, 5.74) is 1.82. The van der Waals surface area contributed by atoms with Gasteiger partial charge in [0.15, 0.2) is 6.23 Å². The minimum Gasteiger partial charge on any atom is -0.508 e. The molecule has 1 aliphatic rings. The minimum atomic E-state index is -0.870. The number of phenols is 1. The molecule has 1 aromatic carbocycles. The Balaban J connectivity index is 1.79. The van der Waals surface area contributed by atoms with E-state index in [9.17, 15) is 15.0 Å². The lowest BCUT2D eigenvalue weighted by atomic mass is 9.94. The van der Waals surface area contributed by atoms with Crippen LogP contribution in [0.3, 0.4) is 0 Å². The van der Waals surface area contributed by atoms with Gasteiger partial charge >= 0.3 is 0 Å². The molecule has 2 N–H and O–H groups in total. The van der Waals surface area contributed by atoms with E-state index in [-0.39, 0.29) is 11.7 Å². The molecule has 1 aromatic heterocycles. The molecule has 1 fully saturated rings. The van der Waals surface area contributed by atoms with Gasteiger partial charge in [0.1, 0.15) is 17.7 Å². The van der Waals surface area contributed by atoms with Crippen molar-refractivity contribution in [1.82, 2.24) is 9.88 Å². The number of carbonyl (C=O) groups excluding carboxylic acids is 1. The summed E-state index contributed by atoms with van der Waals surface area (Å²) in [5, 5.41) is 20.4. The number of rotatable bonds is 4. The number of aromatic nitrogens is 1. The summed E-state index contributed by atoms with van der Waals surface area (Å²) in [6.45, 7) is 1.28. The summed E-state index contributed by atoms with van der Waals surface area (Å²) >= 11 is 6.09. The number of aliphatic hydroxyl groups is 1. The normalized spacial score (nSPS) is 19.7. The third-order valence-corrected chi connectivity index (χ3v) is 4.55. The van der Waals surface area contributed by atoms with Crippen LogP contribution in [0.15, 0.2) is 36.5 Å². The maximum Gasteiger partial charge on any atom is 0.152 e. The van der Waals surface area contributed by atoms with Gasteiger partial charge in [-0.2, -0.15) is 0 Å². The first-order valence-corrected chi connectivity index (χ1v) is 7.78. The van der Waals surface area contributed by atoms with Crippen molar-refractivity contribution in [1.29, 1.82) is 0 Å². The number of pyridine rings is 1. The second-order valence-corrected chi connectivity index (χ2v) is 6.06. The number of nitrogens with zero attached hydrogens (tertiary/aromatic N) is 2. The summed E-state index contributed by atoms with van der Waals surface area (Å²) < 4.78 is 0. The van der Waals surface area contributed by atoms with Gasteiger partial charge in [0.2, 0.25) is 0 Å². The number of halogens is 1. The number of aliphatic hydroxyl groups excluding tert-OH is 1. The predicted molar refractivity (Wildman–Crippen MR) is 86.6 cm³/mol. The molecular formula is C17H17ClN2O3. The highest BCUT2D eigenvalue weighted by Gasteiger charge is 2.31. The summed E-state index contributed by atoms with van der Waals surface area (Å²) in [4.78, 5) is 17.3. The SMILES string of the molecule is O=Cc1cc(O)ccc1C1CCN(C(O)c2ncccc2Cl)C1. The molecule has 0 radical (unpaired) electrons. The topological polar surface area (TPSA) is 73.7 Å². The van der Waals surface area contributed by atoms with Crippen LogP contribution < -0.4 is 0 Å². The fourth-order valence-corrected chi connectivity index (χ4v) is 3.28. The molecule has 3 rings (SSSR count). The van der Waals surface area contributed by atoms with Crippen LogP contribution in [-0.2, 0) is 0 Å². The Hall–Kier alpha value is -1.95. The fraction of sp³-hybridized carbons (Fsp3) is 0.294. The summed E-state index contributed by atoms with van der Waals surface area (Å²) in [7, 11) is 0. The van der Waals surface area contributed by atoms with Gasteiger partial charge in [-0.05, 0) is 42.2 Å². The minimum absolute atomic E-state index is 0.0750. The second-order valence-electron chi connectivity index (χ2n) is 5.66. The van der Waals surface area contributed by atoms with Crippen LogP contribution in [0.4, 0.5) is 0 Å². The highest BCUT2D eigenvalue weighted by Crippen LogP contribution is 2.35. The van der Waals surface area contributed by atoms with Gasteiger partial charge in [-0.1, -0.05) is 17.7 Å². The first kappa shape index (κ1) is 15.9. The van der Waals surface area contributed by atoms with Crippen LogP contribution in [0.2, 0.25) is 5.02 Å². The smallest absolute Gasteiger partial charge is 0.152 e. The molecule has 0 spiro atoms. The number of aromatic hydroxyl groups is 1. The fourth-order valence-electron chi connectivity index (χ4n) is 3.06. The van der Waals surface area contributed by atoms with Gasteiger partial charge in [0.05, 0.1) is 5.02 Å². The van der Waals surface area contributed by atoms with Gasteiger partial charge < -0.3 is 10.2 Å². The lowest BCUT2D eigenvalue weighted by Crippen LogP contribution is -2.27. The van der Waals surface area contributed by atoms with Gasteiger partial charge in [0.25, 0.3) is 0 Å². The Labute approximate surface area is 139 Å². The molecule has 2 unspecified atom stereocenters. The van der Waals surface area contributed by atoms with Crippen molar-refractivity contribution >= 4 is 17.9 Å². The Bertz CT molecular complexity index is 723. The third kappa shape index (κ3) is 3.22. The van der Waals surface area contributed by atoms with Gasteiger partial charge in [-0.15, -0.1) is 0 Å². The Morgan fingerprint density at radius 1 is 1.39 bits per heavy atom. The van der Waals surface area contributed by atoms with E-state index in [0.717, 1.165) is 18.3 Å². The first-order valence-electron chi connectivity index (χ1n) is 7.40. The molecule has 6 heteroatoms. The zero-order valence-electron chi connectivity index (χ0n) is 12.4. The molecule has 0 saturated carbocycles.